The standard InChI is InChI=1S/C21H23F3N2O/c1-2-15-7-9-16(10-8-15)13-26(17-11-12-17)14-20(27)25-19-6-4-3-5-18(19)21(22,23)24/h3-10,17H,2,11-14H2,1H3,(H,25,27). The fourth-order valence-electron chi connectivity index (χ4n) is 3.08. The molecule has 6 heteroatoms. The maximum Gasteiger partial charge on any atom is 0.418 e. The van der Waals surface area contributed by atoms with Gasteiger partial charge in [0.1, 0.15) is 0 Å². The summed E-state index contributed by atoms with van der Waals surface area (Å²) in [6, 6.07) is 13.6. The van der Waals surface area contributed by atoms with E-state index in [-0.39, 0.29) is 12.2 Å². The predicted molar refractivity (Wildman–Crippen MR) is 99.3 cm³/mol. The van der Waals surface area contributed by atoms with Crippen molar-refractivity contribution in [3.05, 3.63) is 65.2 Å². The summed E-state index contributed by atoms with van der Waals surface area (Å²) in [4.78, 5) is 14.4. The molecule has 0 aliphatic heterocycles. The molecule has 2 aromatic rings. The first-order chi connectivity index (χ1) is 12.9. The molecule has 0 saturated heterocycles. The first-order valence-corrected chi connectivity index (χ1v) is 9.14. The minimum atomic E-state index is -4.50. The Kier molecular flexibility index (Phi) is 5.85. The van der Waals surface area contributed by atoms with Crippen molar-refractivity contribution in [1.29, 1.82) is 0 Å². The molecule has 27 heavy (non-hydrogen) atoms. The van der Waals surface area contributed by atoms with E-state index < -0.39 is 17.6 Å². The Hall–Kier alpha value is -2.34. The number of nitrogens with one attached hydrogen (secondary N) is 1. The van der Waals surface area contributed by atoms with E-state index in [0.29, 0.717) is 12.6 Å². The number of carbonyl (C=O) groups is 1. The fraction of sp³-hybridized carbons (Fsp3) is 0.381. The smallest absolute Gasteiger partial charge is 0.324 e. The third-order valence-electron chi connectivity index (χ3n) is 4.73. The second kappa shape index (κ2) is 8.13. The quantitative estimate of drug-likeness (QED) is 0.748. The molecule has 3 nitrogen and oxygen atoms in total. The highest BCUT2D eigenvalue weighted by Gasteiger charge is 2.34. The summed E-state index contributed by atoms with van der Waals surface area (Å²) in [5.41, 5.74) is 1.32. The zero-order valence-corrected chi connectivity index (χ0v) is 15.2. The van der Waals surface area contributed by atoms with Gasteiger partial charge < -0.3 is 5.32 Å². The van der Waals surface area contributed by atoms with Crippen molar-refractivity contribution in [2.75, 3.05) is 11.9 Å². The molecule has 144 valence electrons. The molecule has 2 aromatic carbocycles. The van der Waals surface area contributed by atoms with Gasteiger partial charge >= 0.3 is 6.18 Å². The van der Waals surface area contributed by atoms with Crippen molar-refractivity contribution in [2.45, 2.75) is 44.9 Å². The van der Waals surface area contributed by atoms with Crippen molar-refractivity contribution in [1.82, 2.24) is 4.90 Å². The zero-order chi connectivity index (χ0) is 19.4. The Morgan fingerprint density at radius 2 is 1.70 bits per heavy atom. The lowest BCUT2D eigenvalue weighted by Crippen LogP contribution is -2.34. The maximum atomic E-state index is 13.1. The van der Waals surface area contributed by atoms with Gasteiger partial charge in [0.15, 0.2) is 0 Å². The number of nitrogens with zero attached hydrogens (tertiary/aromatic N) is 1. The van der Waals surface area contributed by atoms with E-state index in [1.165, 1.54) is 23.8 Å². The van der Waals surface area contributed by atoms with Crippen LogP contribution >= 0.6 is 0 Å². The minimum Gasteiger partial charge on any atom is -0.324 e. The predicted octanol–water partition coefficient (Wildman–Crippen LogP) is 4.87. The van der Waals surface area contributed by atoms with Gasteiger partial charge in [0.2, 0.25) is 5.91 Å². The number of carbonyl (C=O) groups excluding carboxylic acids is 1. The highest BCUT2D eigenvalue weighted by molar-refractivity contribution is 5.93. The molecule has 0 spiro atoms. The van der Waals surface area contributed by atoms with E-state index in [1.54, 1.807) is 0 Å². The van der Waals surface area contributed by atoms with Crippen LogP contribution in [0.3, 0.4) is 0 Å². The lowest BCUT2D eigenvalue weighted by Gasteiger charge is -2.22. The van der Waals surface area contributed by atoms with Gasteiger partial charge in [-0.05, 0) is 42.5 Å². The number of hydrogen-bond acceptors (Lipinski definition) is 2. The van der Waals surface area contributed by atoms with Crippen molar-refractivity contribution in [3.63, 3.8) is 0 Å². The Balaban J connectivity index is 1.66. The van der Waals surface area contributed by atoms with E-state index in [9.17, 15) is 18.0 Å². The normalized spacial score (nSPS) is 14.4. The third-order valence-corrected chi connectivity index (χ3v) is 4.73. The van der Waals surface area contributed by atoms with Crippen LogP contribution in [0.15, 0.2) is 48.5 Å². The van der Waals surface area contributed by atoms with Gasteiger partial charge in [-0.3, -0.25) is 9.69 Å². The molecule has 1 N–H and O–H groups in total. The van der Waals surface area contributed by atoms with E-state index in [0.717, 1.165) is 30.9 Å². The molecule has 1 aliphatic carbocycles. The third kappa shape index (κ3) is 5.32. The largest absolute Gasteiger partial charge is 0.418 e. The van der Waals surface area contributed by atoms with Crippen LogP contribution in [-0.4, -0.2) is 23.4 Å². The molecule has 0 bridgehead atoms. The lowest BCUT2D eigenvalue weighted by atomic mass is 10.1. The molecule has 1 aliphatic rings. The van der Waals surface area contributed by atoms with Crippen LogP contribution in [0.25, 0.3) is 0 Å². The number of benzene rings is 2. The molecule has 1 amide bonds. The summed E-state index contributed by atoms with van der Waals surface area (Å²) < 4.78 is 39.3. The van der Waals surface area contributed by atoms with E-state index in [2.05, 4.69) is 24.4 Å². The van der Waals surface area contributed by atoms with Gasteiger partial charge in [-0.1, -0.05) is 43.3 Å². The van der Waals surface area contributed by atoms with Crippen molar-refractivity contribution in [3.8, 4) is 0 Å². The van der Waals surface area contributed by atoms with Crippen molar-refractivity contribution >= 4 is 11.6 Å². The van der Waals surface area contributed by atoms with E-state index in [1.807, 2.05) is 17.0 Å². The van der Waals surface area contributed by atoms with Crippen LogP contribution in [0.1, 0.15) is 36.5 Å². The van der Waals surface area contributed by atoms with Gasteiger partial charge in [0.25, 0.3) is 0 Å². The SMILES string of the molecule is CCc1ccc(CN(CC(=O)Nc2ccccc2C(F)(F)F)C2CC2)cc1. The number of aryl methyl sites for hydroxylation is 1. The van der Waals surface area contributed by atoms with Gasteiger partial charge in [-0.2, -0.15) is 13.2 Å². The summed E-state index contributed by atoms with van der Waals surface area (Å²) in [6.45, 7) is 2.78. The molecular weight excluding hydrogens is 353 g/mol. The van der Waals surface area contributed by atoms with Crippen LogP contribution in [0, 0.1) is 0 Å². The molecule has 1 saturated carbocycles. The van der Waals surface area contributed by atoms with Crippen LogP contribution in [0.5, 0.6) is 0 Å². The summed E-state index contributed by atoms with van der Waals surface area (Å²) >= 11 is 0. The maximum absolute atomic E-state index is 13.1. The molecule has 0 unspecified atom stereocenters. The summed E-state index contributed by atoms with van der Waals surface area (Å²) in [5.74, 6) is -0.427. The zero-order valence-electron chi connectivity index (χ0n) is 15.2. The average molecular weight is 376 g/mol. The van der Waals surface area contributed by atoms with Crippen LogP contribution in [0.4, 0.5) is 18.9 Å². The number of anilines is 1. The van der Waals surface area contributed by atoms with Crippen LogP contribution in [0.2, 0.25) is 0 Å². The van der Waals surface area contributed by atoms with E-state index >= 15 is 0 Å². The van der Waals surface area contributed by atoms with Gasteiger partial charge in [0, 0.05) is 12.6 Å². The number of amides is 1. The van der Waals surface area contributed by atoms with Crippen LogP contribution in [-0.2, 0) is 23.9 Å². The Morgan fingerprint density at radius 3 is 2.30 bits per heavy atom. The lowest BCUT2D eigenvalue weighted by molar-refractivity contribution is -0.137. The monoisotopic (exact) mass is 376 g/mol. The highest BCUT2D eigenvalue weighted by atomic mass is 19.4. The topological polar surface area (TPSA) is 32.3 Å². The number of alkyl halides is 3. The molecule has 0 atom stereocenters. The molecule has 0 radical (unpaired) electrons. The number of hydrogen-bond donors (Lipinski definition) is 1. The van der Waals surface area contributed by atoms with Gasteiger partial charge in [0.05, 0.1) is 17.8 Å². The second-order valence-electron chi connectivity index (χ2n) is 6.90. The Morgan fingerprint density at radius 1 is 1.07 bits per heavy atom. The van der Waals surface area contributed by atoms with E-state index in [4.69, 9.17) is 0 Å². The first-order valence-electron chi connectivity index (χ1n) is 9.14. The Bertz CT molecular complexity index is 783. The number of halogens is 3. The molecular formula is C21H23F3N2O. The second-order valence-corrected chi connectivity index (χ2v) is 6.90. The Labute approximate surface area is 157 Å². The van der Waals surface area contributed by atoms with Gasteiger partial charge in [-0.15, -0.1) is 0 Å². The first kappa shape index (κ1) is 19.4. The molecule has 0 heterocycles. The van der Waals surface area contributed by atoms with Crippen molar-refractivity contribution in [2.24, 2.45) is 0 Å². The fourth-order valence-corrected chi connectivity index (χ4v) is 3.08. The molecule has 1 fully saturated rings. The highest BCUT2D eigenvalue weighted by Crippen LogP contribution is 2.34. The van der Waals surface area contributed by atoms with Crippen LogP contribution < -0.4 is 5.32 Å². The summed E-state index contributed by atoms with van der Waals surface area (Å²) in [6.07, 6.45) is -1.51. The minimum absolute atomic E-state index is 0.0758. The van der Waals surface area contributed by atoms with Gasteiger partial charge in [-0.25, -0.2) is 0 Å². The number of rotatable bonds is 7. The number of para-hydroxylation sites is 1. The molecule has 3 rings (SSSR count). The summed E-state index contributed by atoms with van der Waals surface area (Å²) in [7, 11) is 0. The summed E-state index contributed by atoms with van der Waals surface area (Å²) in [5, 5.41) is 2.43. The molecule has 0 aromatic heterocycles. The average Bonchev–Trinajstić information content (AvgIpc) is 3.46. The van der Waals surface area contributed by atoms with Crippen molar-refractivity contribution < 1.29 is 18.0 Å².